The Morgan fingerprint density at radius 2 is 0.837 bits per heavy atom. The molecular formula is C77H107BrF4N8O14. The van der Waals surface area contributed by atoms with Crippen molar-refractivity contribution in [1.29, 1.82) is 0 Å². The van der Waals surface area contributed by atoms with Gasteiger partial charge in [0.2, 0.25) is 17.7 Å². The number of carbonyl (C=O) groups is 6. The summed E-state index contributed by atoms with van der Waals surface area (Å²) in [5.74, 6) is -0.714. The van der Waals surface area contributed by atoms with Crippen LogP contribution in [0.25, 0.3) is 49.7 Å². The number of fused-ring (bicyclic) bond motifs is 4. The first-order chi connectivity index (χ1) is 48.4. The summed E-state index contributed by atoms with van der Waals surface area (Å²) in [7, 11) is 24.2. The maximum atomic E-state index is 14.8. The van der Waals surface area contributed by atoms with Crippen LogP contribution < -0.4 is 18.9 Å². The lowest BCUT2D eigenvalue weighted by atomic mass is 10.0. The summed E-state index contributed by atoms with van der Waals surface area (Å²) in [5.41, 5.74) is 6.93. The van der Waals surface area contributed by atoms with Crippen molar-refractivity contribution in [3.63, 3.8) is 0 Å². The molecule has 27 heteroatoms. The molecule has 104 heavy (non-hydrogen) atoms. The van der Waals surface area contributed by atoms with Crippen molar-refractivity contribution in [2.45, 2.75) is 120 Å². The second-order valence-corrected chi connectivity index (χ2v) is 24.9. The Hall–Kier alpha value is -9.34. The average molecular weight is 1520 g/mol. The zero-order valence-corrected chi connectivity index (χ0v) is 63.8. The van der Waals surface area contributed by atoms with E-state index < -0.39 is 23.6 Å². The number of likely N-dealkylation sites (N-methyl/N-ethyl adjacent to an activating group) is 4. The van der Waals surface area contributed by atoms with Gasteiger partial charge >= 0.3 is 17.9 Å². The number of aryl methyl sites for hydroxylation is 6. The SMILES string of the molecule is C.C.C=CC(=O)OC.CCn1cc(CC(=O)N(C)C)c2c(OC)c(/C=C/C(=O)OC)cc(F)c21.CCn1cc(CC(=O)N(C)C)c2c(OC)c(Br)cc(F)c21.CCn1cc(CC(=O)N(C)C)c2c(OC)c(CCC(=O)OC)cc(F)c21.CCn1cc(CCN(C)C)c2c(OC)c(CCCO)cc(F)c21. The van der Waals surface area contributed by atoms with Crippen LogP contribution >= 0.6 is 15.9 Å². The maximum absolute atomic E-state index is 14.8. The monoisotopic (exact) mass is 1520 g/mol. The van der Waals surface area contributed by atoms with Crippen LogP contribution in [0.2, 0.25) is 0 Å². The molecule has 0 saturated carbocycles. The van der Waals surface area contributed by atoms with E-state index in [1.807, 2.05) is 58.8 Å². The van der Waals surface area contributed by atoms with E-state index in [9.17, 15) is 46.3 Å². The Labute approximate surface area is 617 Å². The Morgan fingerprint density at radius 1 is 0.481 bits per heavy atom. The van der Waals surface area contributed by atoms with Gasteiger partial charge in [-0.1, -0.05) is 21.4 Å². The molecule has 0 aliphatic carbocycles. The molecule has 3 amide bonds. The first kappa shape index (κ1) is 90.7. The molecule has 574 valence electrons. The number of hydrogen-bond acceptors (Lipinski definition) is 15. The number of rotatable bonds is 26. The van der Waals surface area contributed by atoms with E-state index in [1.165, 1.54) is 87.7 Å². The largest absolute Gasteiger partial charge is 0.496 e. The fraction of sp³-hybridized carbons (Fsp3) is 0.455. The highest BCUT2D eigenvalue weighted by Gasteiger charge is 2.27. The van der Waals surface area contributed by atoms with E-state index in [-0.39, 0.29) is 82.5 Å². The number of carbonyl (C=O) groups excluding carboxylic acids is 6. The number of aromatic nitrogens is 4. The van der Waals surface area contributed by atoms with Crippen LogP contribution in [0.3, 0.4) is 0 Å². The summed E-state index contributed by atoms with van der Waals surface area (Å²) in [5, 5.41) is 11.7. The van der Waals surface area contributed by atoms with Crippen LogP contribution in [0.4, 0.5) is 17.6 Å². The number of esters is 3. The van der Waals surface area contributed by atoms with Crippen molar-refractivity contribution in [3.05, 3.63) is 134 Å². The Kier molecular flexibility index (Phi) is 37.6. The van der Waals surface area contributed by atoms with E-state index in [2.05, 4.69) is 41.6 Å². The first-order valence-corrected chi connectivity index (χ1v) is 33.8. The highest BCUT2D eigenvalue weighted by molar-refractivity contribution is 9.10. The number of amides is 3. The summed E-state index contributed by atoms with van der Waals surface area (Å²) in [6.07, 6.45) is 14.1. The molecule has 4 heterocycles. The van der Waals surface area contributed by atoms with E-state index >= 15 is 0 Å². The number of aliphatic hydroxyl groups excluding tert-OH is 1. The first-order valence-electron chi connectivity index (χ1n) is 33.0. The number of methoxy groups -OCH3 is 7. The molecule has 0 aliphatic heterocycles. The fourth-order valence-corrected chi connectivity index (χ4v) is 11.9. The van der Waals surface area contributed by atoms with Gasteiger partial charge in [-0.15, -0.1) is 0 Å². The van der Waals surface area contributed by atoms with Crippen molar-refractivity contribution < 1.29 is 84.6 Å². The van der Waals surface area contributed by atoms with Gasteiger partial charge in [0.25, 0.3) is 0 Å². The molecule has 4 aromatic carbocycles. The van der Waals surface area contributed by atoms with Crippen LogP contribution in [0.5, 0.6) is 23.0 Å². The summed E-state index contributed by atoms with van der Waals surface area (Å²) in [4.78, 5) is 75.7. The third-order valence-electron chi connectivity index (χ3n) is 16.6. The van der Waals surface area contributed by atoms with Crippen molar-refractivity contribution in [1.82, 2.24) is 37.9 Å². The molecule has 0 spiro atoms. The quantitative estimate of drug-likeness (QED) is 0.0231. The summed E-state index contributed by atoms with van der Waals surface area (Å²) in [6, 6.07) is 5.65. The third-order valence-corrected chi connectivity index (χ3v) is 17.2. The lowest BCUT2D eigenvalue weighted by Crippen LogP contribution is -2.23. The summed E-state index contributed by atoms with van der Waals surface area (Å²) < 4.78 is 102. The topological polar surface area (TPSA) is 220 Å². The van der Waals surface area contributed by atoms with E-state index in [4.69, 9.17) is 24.1 Å². The number of hydrogen-bond donors (Lipinski definition) is 1. The second-order valence-electron chi connectivity index (χ2n) is 24.0. The normalized spacial score (nSPS) is 10.7. The van der Waals surface area contributed by atoms with Crippen molar-refractivity contribution in [3.8, 4) is 23.0 Å². The predicted octanol–water partition coefficient (Wildman–Crippen LogP) is 12.8. The van der Waals surface area contributed by atoms with Gasteiger partial charge in [-0.2, -0.15) is 0 Å². The Bertz CT molecular complexity index is 4280. The van der Waals surface area contributed by atoms with E-state index in [0.29, 0.717) is 128 Å². The molecule has 0 saturated heterocycles. The Balaban J connectivity index is 0.000000457. The molecule has 0 bridgehead atoms. The molecule has 0 aliphatic rings. The standard InChI is InChI=1S/C19H25FN2O4.C19H23FN2O4.C18H27FN2O2.C15H18BrFN2O2.C4H6O2.2CH4/c2*1-6-22-11-13(10-15(23)21(2)3)17-18(22)14(20)9-12(19(17)26-5)7-8-16(24)25-4;1-5-21-12-14(8-9-20(2)3)16-17(21)15(19)11-13(7-6-10-22)18(16)23-4;1-5-19-8-9(6-12(20)18(2)3)13-14(19)11(17)7-10(16)15(13)21-4;1-3-4(5)6-2;;/h9,11H,6-8,10H2,1-5H3;7-9,11H,6,10H2,1-5H3;11-12,22H,5-10H2,1-4H3;7-8H,5-6H2,1-4H3;3H,1H2,2H3;2*1H4/b;8-7+;;;;;. The molecule has 0 fully saturated rings. The van der Waals surface area contributed by atoms with Gasteiger partial charge in [0, 0.05) is 152 Å². The molecule has 1 N–H and O–H groups in total. The molecule has 22 nitrogen and oxygen atoms in total. The maximum Gasteiger partial charge on any atom is 0.330 e. The smallest absolute Gasteiger partial charge is 0.330 e. The highest BCUT2D eigenvalue weighted by atomic mass is 79.9. The van der Waals surface area contributed by atoms with Gasteiger partial charge < -0.3 is 76.1 Å². The number of ether oxygens (including phenoxy) is 7. The summed E-state index contributed by atoms with van der Waals surface area (Å²) in [6.45, 7) is 14.3. The van der Waals surface area contributed by atoms with Crippen molar-refractivity contribution in [2.24, 2.45) is 0 Å². The second kappa shape index (κ2) is 43.1. The average Bonchev–Trinajstić information content (AvgIpc) is 1.62. The van der Waals surface area contributed by atoms with Crippen LogP contribution in [-0.2, 0) is 108 Å². The van der Waals surface area contributed by atoms with Gasteiger partial charge in [0.15, 0.2) is 0 Å². The van der Waals surface area contributed by atoms with E-state index in [0.717, 1.165) is 46.9 Å². The number of aliphatic hydroxyl groups is 1. The predicted molar refractivity (Wildman–Crippen MR) is 406 cm³/mol. The number of nitrogens with zero attached hydrogens (tertiary/aromatic N) is 8. The number of halogens is 5. The summed E-state index contributed by atoms with van der Waals surface area (Å²) >= 11 is 3.32. The van der Waals surface area contributed by atoms with E-state index in [1.54, 1.807) is 81.6 Å². The van der Waals surface area contributed by atoms with Crippen LogP contribution in [0, 0.1) is 23.3 Å². The molecule has 0 unspecified atom stereocenters. The fourth-order valence-electron chi connectivity index (χ4n) is 11.4. The zero-order valence-electron chi connectivity index (χ0n) is 62.2. The third kappa shape index (κ3) is 22.6. The molecule has 0 atom stereocenters. The molecular weight excluding hydrogens is 1420 g/mol. The van der Waals surface area contributed by atoms with Gasteiger partial charge in [0.1, 0.15) is 46.3 Å². The van der Waals surface area contributed by atoms with Gasteiger partial charge in [0.05, 0.1) is 95.6 Å². The minimum atomic E-state index is -0.554. The van der Waals surface area contributed by atoms with Crippen molar-refractivity contribution >= 4 is 101 Å². The van der Waals surface area contributed by atoms with Crippen LogP contribution in [-0.4, -0.2) is 198 Å². The molecule has 4 aromatic heterocycles. The van der Waals surface area contributed by atoms with Gasteiger partial charge in [-0.25, -0.2) is 27.2 Å². The molecule has 0 radical (unpaired) electrons. The van der Waals surface area contributed by atoms with Crippen LogP contribution in [0.15, 0.2) is 72.3 Å². The minimum absolute atomic E-state index is 0. The zero-order chi connectivity index (χ0) is 76.6. The minimum Gasteiger partial charge on any atom is -0.496 e. The molecule has 8 rings (SSSR count). The van der Waals surface area contributed by atoms with Crippen molar-refractivity contribution in [2.75, 3.05) is 119 Å². The van der Waals surface area contributed by atoms with Gasteiger partial charge in [-0.05, 0) is 147 Å². The lowest BCUT2D eigenvalue weighted by molar-refractivity contribution is -0.140. The lowest BCUT2D eigenvalue weighted by Gasteiger charge is -2.14. The number of benzene rings is 4. The molecule has 8 aromatic rings. The van der Waals surface area contributed by atoms with Gasteiger partial charge in [-0.3, -0.25) is 19.2 Å². The Morgan fingerprint density at radius 3 is 1.17 bits per heavy atom. The highest BCUT2D eigenvalue weighted by Crippen LogP contribution is 2.42. The van der Waals surface area contributed by atoms with Crippen LogP contribution in [0.1, 0.15) is 94.3 Å².